The van der Waals surface area contributed by atoms with E-state index in [9.17, 15) is 0 Å². The second kappa shape index (κ2) is 21.4. The van der Waals surface area contributed by atoms with Crippen molar-refractivity contribution < 1.29 is 0 Å². The minimum absolute atomic E-state index is 0.628. The highest BCUT2D eigenvalue weighted by atomic mass is 15.2. The predicted octanol–water partition coefficient (Wildman–Crippen LogP) is 21.8. The Kier molecular flexibility index (Phi) is 12.1. The van der Waals surface area contributed by atoms with Crippen LogP contribution in [0.2, 0.25) is 0 Å². The molecule has 0 spiro atoms. The number of rotatable bonds is 7. The van der Waals surface area contributed by atoms with E-state index in [1.54, 1.807) is 0 Å². The minimum atomic E-state index is 0.628. The third-order valence-electron chi connectivity index (χ3n) is 18.9. The van der Waals surface area contributed by atoms with E-state index in [1.807, 2.05) is 36.7 Å². The zero-order chi connectivity index (χ0) is 61.8. The maximum absolute atomic E-state index is 5.21. The summed E-state index contributed by atoms with van der Waals surface area (Å²) in [7, 11) is 0. The molecule has 0 aliphatic heterocycles. The van der Waals surface area contributed by atoms with Crippen LogP contribution < -0.4 is 0 Å². The molecule has 7 heterocycles. The van der Waals surface area contributed by atoms with Crippen molar-refractivity contribution in [1.82, 2.24) is 38.2 Å². The lowest BCUT2D eigenvalue weighted by atomic mass is 10.0. The number of aromatic nitrogens is 8. The van der Waals surface area contributed by atoms with E-state index in [2.05, 4.69) is 309 Å². The fourth-order valence-electron chi connectivity index (χ4n) is 14.6. The molecule has 20 rings (SSSR count). The first-order valence-electron chi connectivity index (χ1n) is 31.8. The summed E-state index contributed by atoms with van der Waals surface area (Å²) in [4.78, 5) is 20.3. The van der Waals surface area contributed by atoms with Crippen LogP contribution in [0.25, 0.3) is 176 Å². The Morgan fingerprint density at radius 1 is 0.234 bits per heavy atom. The summed E-state index contributed by atoms with van der Waals surface area (Å²) in [5, 5.41) is 14.5. The number of para-hydroxylation sites is 6. The number of hydrogen-bond donors (Lipinski definition) is 0. The SMILES string of the molecule is c1ccc(-c2nc(-n3c4ccc(-c5ccc6c(c5)c5ccccc5n6-c5ccccc5)cc4c4ncccc43)nc3ccccc23)cc1.c1ccc(-n2c3ccccc3c3cc(-c4ccc5c(c4)c4ccccc4n5-c4ccc5c(ccc6ccccc65)c4)cnc32)cc1. The number of benzene rings is 13. The predicted molar refractivity (Wildman–Crippen MR) is 390 cm³/mol. The molecule has 0 amide bonds. The lowest BCUT2D eigenvalue weighted by Crippen LogP contribution is -2.03. The Morgan fingerprint density at radius 2 is 0.713 bits per heavy atom. The van der Waals surface area contributed by atoms with Crippen LogP contribution in [-0.2, 0) is 0 Å². The van der Waals surface area contributed by atoms with Crippen molar-refractivity contribution in [3.05, 3.63) is 328 Å². The van der Waals surface area contributed by atoms with Crippen LogP contribution in [0.1, 0.15) is 0 Å². The average Bonchev–Trinajstić information content (AvgIpc) is 1.58. The second-order valence-electron chi connectivity index (χ2n) is 24.2. The summed E-state index contributed by atoms with van der Waals surface area (Å²) in [6.45, 7) is 0. The number of nitrogens with zero attached hydrogens (tertiary/aromatic N) is 8. The number of hydrogen-bond acceptors (Lipinski definition) is 4. The van der Waals surface area contributed by atoms with E-state index in [0.717, 1.165) is 94.3 Å². The summed E-state index contributed by atoms with van der Waals surface area (Å²) in [5.41, 5.74) is 20.7. The molecular weight excluding hydrogens is 1150 g/mol. The topological polar surface area (TPSA) is 71.3 Å². The standard InChI is InChI=1S/C43H27N5.C43H27N3/c1-3-12-28(13-4-1)41-33-17-7-9-18-36(33)45-43(46-41)48-39-24-22-30(27-35(39)42-40(48)20-11-25-44-42)29-21-23-38-34(26-29)32-16-8-10-19-37(32)47(38)31-14-5-2-6-15-31;1-2-11-32(12-3-1)46-41-17-9-7-15-37(41)39-26-31(27-44-43(39)46)29-20-23-42-38(25-29)36-14-6-8-16-40(36)45(42)33-21-22-35-30(24-33)19-18-28-10-4-5-13-34(28)35/h1-27H;1-27H. The summed E-state index contributed by atoms with van der Waals surface area (Å²) in [5.74, 6) is 0.628. The van der Waals surface area contributed by atoms with Crippen LogP contribution in [0.5, 0.6) is 0 Å². The van der Waals surface area contributed by atoms with Crippen molar-refractivity contribution in [2.24, 2.45) is 0 Å². The molecule has 0 aliphatic carbocycles. The molecule has 20 aromatic rings. The molecule has 0 saturated carbocycles. The monoisotopic (exact) mass is 1200 g/mol. The van der Waals surface area contributed by atoms with Gasteiger partial charge in [0.1, 0.15) is 5.65 Å². The molecule has 13 aromatic carbocycles. The van der Waals surface area contributed by atoms with Crippen LogP contribution in [0.15, 0.2) is 328 Å². The number of fused-ring (bicyclic) bond motifs is 16. The maximum Gasteiger partial charge on any atom is 0.235 e. The highest BCUT2D eigenvalue weighted by Gasteiger charge is 2.22. The van der Waals surface area contributed by atoms with Gasteiger partial charge in [-0.25, -0.2) is 15.0 Å². The highest BCUT2D eigenvalue weighted by Crippen LogP contribution is 2.41. The zero-order valence-corrected chi connectivity index (χ0v) is 50.8. The fraction of sp³-hybridized carbons (Fsp3) is 0. The van der Waals surface area contributed by atoms with Crippen molar-refractivity contribution in [1.29, 1.82) is 0 Å². The summed E-state index contributed by atoms with van der Waals surface area (Å²) >= 11 is 0. The van der Waals surface area contributed by atoms with Gasteiger partial charge < -0.3 is 9.13 Å². The fourth-order valence-corrected chi connectivity index (χ4v) is 14.6. The Morgan fingerprint density at radius 3 is 1.39 bits per heavy atom. The summed E-state index contributed by atoms with van der Waals surface area (Å²) in [6, 6.07) is 112. The summed E-state index contributed by atoms with van der Waals surface area (Å²) < 4.78 is 9.16. The van der Waals surface area contributed by atoms with Crippen molar-refractivity contribution >= 4 is 120 Å². The molecule has 0 N–H and O–H groups in total. The molecule has 7 aromatic heterocycles. The molecule has 94 heavy (non-hydrogen) atoms. The van der Waals surface area contributed by atoms with E-state index < -0.39 is 0 Å². The maximum atomic E-state index is 5.21. The molecule has 0 saturated heterocycles. The van der Waals surface area contributed by atoms with Gasteiger partial charge in [-0.2, -0.15) is 0 Å². The van der Waals surface area contributed by atoms with Gasteiger partial charge >= 0.3 is 0 Å². The highest BCUT2D eigenvalue weighted by molar-refractivity contribution is 6.15. The Balaban J connectivity index is 0.000000134. The van der Waals surface area contributed by atoms with E-state index in [1.165, 1.54) is 76.2 Å². The zero-order valence-electron chi connectivity index (χ0n) is 50.8. The first-order chi connectivity index (χ1) is 46.6. The molecular formula is C86H54N8. The molecule has 438 valence electrons. The largest absolute Gasteiger partial charge is 0.309 e. The van der Waals surface area contributed by atoms with Gasteiger partial charge in [0.15, 0.2) is 0 Å². The summed E-state index contributed by atoms with van der Waals surface area (Å²) in [6.07, 6.45) is 3.88. The molecule has 0 fully saturated rings. The molecule has 0 unspecified atom stereocenters. The first-order valence-corrected chi connectivity index (χ1v) is 31.8. The quantitative estimate of drug-likeness (QED) is 0.149. The molecule has 0 atom stereocenters. The van der Waals surface area contributed by atoms with Crippen LogP contribution in [-0.4, -0.2) is 38.2 Å². The van der Waals surface area contributed by atoms with Crippen molar-refractivity contribution in [2.45, 2.75) is 0 Å². The molecule has 0 radical (unpaired) electrons. The van der Waals surface area contributed by atoms with Gasteiger partial charge in [-0.15, -0.1) is 0 Å². The minimum Gasteiger partial charge on any atom is -0.309 e. The second-order valence-corrected chi connectivity index (χ2v) is 24.2. The van der Waals surface area contributed by atoms with E-state index in [-0.39, 0.29) is 0 Å². The lowest BCUT2D eigenvalue weighted by Gasteiger charge is -2.11. The third-order valence-corrected chi connectivity index (χ3v) is 18.9. The van der Waals surface area contributed by atoms with Crippen LogP contribution in [0.3, 0.4) is 0 Å². The van der Waals surface area contributed by atoms with E-state index in [0.29, 0.717) is 5.95 Å². The molecule has 0 bridgehead atoms. The first kappa shape index (κ1) is 53.1. The third kappa shape index (κ3) is 8.47. The average molecular weight is 1200 g/mol. The van der Waals surface area contributed by atoms with Crippen LogP contribution in [0.4, 0.5) is 0 Å². The van der Waals surface area contributed by atoms with Crippen molar-refractivity contribution in [2.75, 3.05) is 0 Å². The van der Waals surface area contributed by atoms with Gasteiger partial charge in [-0.05, 0) is 153 Å². The van der Waals surface area contributed by atoms with Crippen LogP contribution >= 0.6 is 0 Å². The van der Waals surface area contributed by atoms with E-state index in [4.69, 9.17) is 19.9 Å². The van der Waals surface area contributed by atoms with Gasteiger partial charge in [0, 0.05) is 83.7 Å². The van der Waals surface area contributed by atoms with E-state index >= 15 is 0 Å². The molecule has 8 nitrogen and oxygen atoms in total. The van der Waals surface area contributed by atoms with Gasteiger partial charge in [-0.1, -0.05) is 200 Å². The Hall–Kier alpha value is -12.8. The Bertz CT molecular complexity index is 6420. The van der Waals surface area contributed by atoms with Gasteiger partial charge in [-0.3, -0.25) is 14.1 Å². The van der Waals surface area contributed by atoms with Crippen LogP contribution in [0, 0.1) is 0 Å². The molecule has 0 aliphatic rings. The van der Waals surface area contributed by atoms with Gasteiger partial charge in [0.05, 0.1) is 55.3 Å². The van der Waals surface area contributed by atoms with Gasteiger partial charge in [0.2, 0.25) is 5.95 Å². The van der Waals surface area contributed by atoms with Crippen molar-refractivity contribution in [3.8, 4) is 56.5 Å². The molecule has 8 heteroatoms. The Labute approximate surface area is 539 Å². The smallest absolute Gasteiger partial charge is 0.235 e. The normalized spacial score (nSPS) is 11.8. The van der Waals surface area contributed by atoms with Gasteiger partial charge in [0.25, 0.3) is 0 Å². The lowest BCUT2D eigenvalue weighted by molar-refractivity contribution is 1.01. The number of pyridine rings is 2. The van der Waals surface area contributed by atoms with Crippen molar-refractivity contribution in [3.63, 3.8) is 0 Å².